The van der Waals surface area contributed by atoms with Crippen LogP contribution in [0.2, 0.25) is 0 Å². The van der Waals surface area contributed by atoms with Crippen LogP contribution in [0.3, 0.4) is 0 Å². The molecular formula is C8H15N5O2S. The molecule has 0 atom stereocenters. The smallest absolute Gasteiger partial charge is 0.244 e. The lowest BCUT2D eigenvalue weighted by Crippen LogP contribution is -2.40. The van der Waals surface area contributed by atoms with Gasteiger partial charge in [0.05, 0.1) is 12.4 Å². The van der Waals surface area contributed by atoms with E-state index in [0.717, 1.165) is 0 Å². The zero-order valence-corrected chi connectivity index (χ0v) is 10.2. The summed E-state index contributed by atoms with van der Waals surface area (Å²) in [4.78, 5) is 7.46. The second-order valence-electron chi connectivity index (χ2n) is 4.24. The van der Waals surface area contributed by atoms with E-state index in [1.807, 2.05) is 0 Å². The van der Waals surface area contributed by atoms with Gasteiger partial charge in [0.25, 0.3) is 0 Å². The first kappa shape index (κ1) is 12.8. The Bertz CT molecular complexity index is 448. The van der Waals surface area contributed by atoms with Crippen LogP contribution >= 0.6 is 0 Å². The molecule has 0 saturated carbocycles. The Morgan fingerprint density at radius 2 is 1.75 bits per heavy atom. The molecule has 0 radical (unpaired) electrons. The van der Waals surface area contributed by atoms with Gasteiger partial charge in [-0.2, -0.15) is 0 Å². The highest BCUT2D eigenvalue weighted by molar-refractivity contribution is 7.89. The predicted octanol–water partition coefficient (Wildman–Crippen LogP) is -0.161. The summed E-state index contributed by atoms with van der Waals surface area (Å²) in [6.45, 7) is 5.25. The minimum Gasteiger partial charge on any atom is -0.292 e. The number of nitrogens with one attached hydrogen (secondary N) is 2. The van der Waals surface area contributed by atoms with Gasteiger partial charge in [0.15, 0.2) is 0 Å². The lowest BCUT2D eigenvalue weighted by molar-refractivity contribution is 0.491. The van der Waals surface area contributed by atoms with Crippen molar-refractivity contribution < 1.29 is 8.42 Å². The third-order valence-electron chi connectivity index (χ3n) is 1.51. The van der Waals surface area contributed by atoms with Crippen LogP contribution in [0.15, 0.2) is 17.3 Å². The maximum Gasteiger partial charge on any atom is 0.244 e. The van der Waals surface area contributed by atoms with Gasteiger partial charge in [0, 0.05) is 5.54 Å². The van der Waals surface area contributed by atoms with Crippen molar-refractivity contribution in [1.82, 2.24) is 14.7 Å². The van der Waals surface area contributed by atoms with Crippen molar-refractivity contribution in [3.63, 3.8) is 0 Å². The first-order valence-electron chi connectivity index (χ1n) is 4.57. The third-order valence-corrected chi connectivity index (χ3v) is 3.22. The Balaban J connectivity index is 2.99. The predicted molar refractivity (Wildman–Crippen MR) is 59.9 cm³/mol. The number of nitrogens with two attached hydrogens (primary N) is 1. The quantitative estimate of drug-likeness (QED) is 0.504. The monoisotopic (exact) mass is 245 g/mol. The van der Waals surface area contributed by atoms with Gasteiger partial charge in [0.1, 0.15) is 4.90 Å². The van der Waals surface area contributed by atoms with Crippen LogP contribution in [-0.4, -0.2) is 23.9 Å². The van der Waals surface area contributed by atoms with E-state index in [1.54, 1.807) is 20.8 Å². The van der Waals surface area contributed by atoms with Crippen molar-refractivity contribution >= 4 is 16.0 Å². The fourth-order valence-corrected chi connectivity index (χ4v) is 2.30. The first-order valence-corrected chi connectivity index (χ1v) is 6.05. The highest BCUT2D eigenvalue weighted by Gasteiger charge is 2.22. The third kappa shape index (κ3) is 3.40. The van der Waals surface area contributed by atoms with Crippen molar-refractivity contribution in [1.29, 1.82) is 0 Å². The van der Waals surface area contributed by atoms with Gasteiger partial charge >= 0.3 is 0 Å². The number of sulfonamides is 1. The first-order chi connectivity index (χ1) is 7.24. The molecule has 4 N–H and O–H groups in total. The molecule has 1 aromatic heterocycles. The average molecular weight is 245 g/mol. The molecule has 0 spiro atoms. The summed E-state index contributed by atoms with van der Waals surface area (Å²) in [5, 5.41) is 0. The maximum absolute atomic E-state index is 11.8. The molecule has 0 saturated heterocycles. The van der Waals surface area contributed by atoms with Gasteiger partial charge in [0.2, 0.25) is 16.0 Å². The van der Waals surface area contributed by atoms with Crippen LogP contribution < -0.4 is 16.0 Å². The van der Waals surface area contributed by atoms with Crippen molar-refractivity contribution in [2.24, 2.45) is 5.84 Å². The Morgan fingerprint density at radius 3 is 2.12 bits per heavy atom. The van der Waals surface area contributed by atoms with E-state index in [9.17, 15) is 8.42 Å². The standard InChI is InChI=1S/C8H15N5O2S/c1-8(2,3)13-16(14,15)6-4-10-7(12-9)11-5-6/h4-5,13H,9H2,1-3H3,(H,10,11,12). The number of rotatable bonds is 3. The molecule has 1 heterocycles. The molecule has 0 bridgehead atoms. The summed E-state index contributed by atoms with van der Waals surface area (Å²) in [6.07, 6.45) is 2.38. The number of hydrazine groups is 1. The minimum absolute atomic E-state index is 0.00132. The Kier molecular flexibility index (Phi) is 3.46. The van der Waals surface area contributed by atoms with Crippen LogP contribution in [0.4, 0.5) is 5.95 Å². The van der Waals surface area contributed by atoms with Gasteiger partial charge in [-0.05, 0) is 20.8 Å². The molecular weight excluding hydrogens is 230 g/mol. The fraction of sp³-hybridized carbons (Fsp3) is 0.500. The van der Waals surface area contributed by atoms with Crippen molar-refractivity contribution in [3.8, 4) is 0 Å². The molecule has 0 aliphatic rings. The van der Waals surface area contributed by atoms with E-state index in [-0.39, 0.29) is 10.8 Å². The number of nitrogen functional groups attached to an aromatic ring is 1. The number of hydrogen-bond acceptors (Lipinski definition) is 6. The molecule has 90 valence electrons. The Hall–Kier alpha value is -1.25. The molecule has 7 nitrogen and oxygen atoms in total. The second-order valence-corrected chi connectivity index (χ2v) is 5.92. The van der Waals surface area contributed by atoms with Crippen molar-refractivity contribution in [2.75, 3.05) is 5.43 Å². The van der Waals surface area contributed by atoms with E-state index >= 15 is 0 Å². The molecule has 16 heavy (non-hydrogen) atoms. The molecule has 0 fully saturated rings. The summed E-state index contributed by atoms with van der Waals surface area (Å²) >= 11 is 0. The minimum atomic E-state index is -3.59. The van der Waals surface area contributed by atoms with Crippen LogP contribution in [-0.2, 0) is 10.0 Å². The van der Waals surface area contributed by atoms with Gasteiger partial charge in [-0.25, -0.2) is 29.0 Å². The van der Waals surface area contributed by atoms with E-state index in [0.29, 0.717) is 0 Å². The summed E-state index contributed by atoms with van der Waals surface area (Å²) < 4.78 is 26.1. The van der Waals surface area contributed by atoms with Gasteiger partial charge < -0.3 is 0 Å². The summed E-state index contributed by atoms with van der Waals surface area (Å²) in [6, 6.07) is 0. The zero-order valence-electron chi connectivity index (χ0n) is 9.35. The zero-order chi connectivity index (χ0) is 12.4. The van der Waals surface area contributed by atoms with E-state index in [2.05, 4.69) is 20.1 Å². The van der Waals surface area contributed by atoms with Crippen LogP contribution in [0, 0.1) is 0 Å². The van der Waals surface area contributed by atoms with E-state index < -0.39 is 15.6 Å². The molecule has 0 amide bonds. The van der Waals surface area contributed by atoms with Crippen LogP contribution in [0.25, 0.3) is 0 Å². The van der Waals surface area contributed by atoms with E-state index in [1.165, 1.54) is 12.4 Å². The molecule has 1 rings (SSSR count). The number of nitrogens with zero attached hydrogens (tertiary/aromatic N) is 2. The Morgan fingerprint density at radius 1 is 1.25 bits per heavy atom. The molecule has 8 heteroatoms. The topological polar surface area (TPSA) is 110 Å². The second kappa shape index (κ2) is 4.32. The lowest BCUT2D eigenvalue weighted by Gasteiger charge is -2.19. The number of hydrogen-bond donors (Lipinski definition) is 3. The Labute approximate surface area is 94.5 Å². The normalized spacial score (nSPS) is 12.5. The fourth-order valence-electron chi connectivity index (χ4n) is 0.992. The summed E-state index contributed by atoms with van der Waals surface area (Å²) in [7, 11) is -3.59. The molecule has 0 unspecified atom stereocenters. The maximum atomic E-state index is 11.8. The molecule has 0 aromatic carbocycles. The summed E-state index contributed by atoms with van der Waals surface area (Å²) in [5.41, 5.74) is 1.66. The highest BCUT2D eigenvalue weighted by Crippen LogP contribution is 2.11. The van der Waals surface area contributed by atoms with Gasteiger partial charge in [-0.15, -0.1) is 0 Å². The van der Waals surface area contributed by atoms with Crippen LogP contribution in [0.1, 0.15) is 20.8 Å². The lowest BCUT2D eigenvalue weighted by atomic mass is 10.1. The molecule has 0 aliphatic carbocycles. The number of aromatic nitrogens is 2. The van der Waals surface area contributed by atoms with Crippen molar-refractivity contribution in [2.45, 2.75) is 31.2 Å². The van der Waals surface area contributed by atoms with Crippen molar-refractivity contribution in [3.05, 3.63) is 12.4 Å². The average Bonchev–Trinajstić information content (AvgIpc) is 2.14. The van der Waals surface area contributed by atoms with Gasteiger partial charge in [-0.3, -0.25) is 5.43 Å². The summed E-state index contributed by atoms with van der Waals surface area (Å²) in [5.74, 6) is 5.23. The molecule has 0 aliphatic heterocycles. The van der Waals surface area contributed by atoms with Gasteiger partial charge in [-0.1, -0.05) is 0 Å². The highest BCUT2D eigenvalue weighted by atomic mass is 32.2. The van der Waals surface area contributed by atoms with Crippen LogP contribution in [0.5, 0.6) is 0 Å². The number of anilines is 1. The largest absolute Gasteiger partial charge is 0.292 e. The SMILES string of the molecule is CC(C)(C)NS(=O)(=O)c1cnc(NN)nc1. The molecule has 1 aromatic rings. The van der Waals surface area contributed by atoms with E-state index in [4.69, 9.17) is 5.84 Å².